The third-order valence-corrected chi connectivity index (χ3v) is 3.60. The summed E-state index contributed by atoms with van der Waals surface area (Å²) in [7, 11) is 0. The molecule has 0 amide bonds. The molecule has 0 unspecified atom stereocenters. The van der Waals surface area contributed by atoms with Crippen LogP contribution in [-0.2, 0) is 6.54 Å². The van der Waals surface area contributed by atoms with Gasteiger partial charge in [-0.05, 0) is 44.2 Å². The molecule has 1 N–H and O–H groups in total. The molecule has 0 aromatic carbocycles. The Morgan fingerprint density at radius 3 is 2.61 bits per heavy atom. The second-order valence-electron chi connectivity index (χ2n) is 5.46. The molecule has 2 aliphatic rings. The second-order valence-corrected chi connectivity index (χ2v) is 5.46. The molecule has 3 rings (SSSR count). The van der Waals surface area contributed by atoms with Crippen LogP contribution in [0.15, 0.2) is 12.1 Å². The maximum atomic E-state index is 4.39. The van der Waals surface area contributed by atoms with Gasteiger partial charge in [0.1, 0.15) is 0 Å². The number of aromatic nitrogens is 2. The zero-order valence-electron chi connectivity index (χ0n) is 11.1. The molecule has 2 fully saturated rings. The van der Waals surface area contributed by atoms with Gasteiger partial charge in [0, 0.05) is 25.2 Å². The van der Waals surface area contributed by atoms with E-state index < -0.39 is 0 Å². The average molecular weight is 246 g/mol. The first kappa shape index (κ1) is 11.9. The summed E-state index contributed by atoms with van der Waals surface area (Å²) in [6.45, 7) is 4.17. The average Bonchev–Trinajstić information content (AvgIpc) is 3.28. The maximum Gasteiger partial charge on any atom is 0.151 e. The summed E-state index contributed by atoms with van der Waals surface area (Å²) in [5.41, 5.74) is 1.05. The Balaban J connectivity index is 1.60. The van der Waals surface area contributed by atoms with Crippen molar-refractivity contribution in [3.8, 4) is 0 Å². The van der Waals surface area contributed by atoms with Crippen molar-refractivity contribution in [3.05, 3.63) is 17.8 Å². The van der Waals surface area contributed by atoms with E-state index in [2.05, 4.69) is 39.5 Å². The van der Waals surface area contributed by atoms with Crippen LogP contribution in [-0.4, -0.2) is 28.8 Å². The molecule has 0 spiro atoms. The maximum absolute atomic E-state index is 4.39. The minimum absolute atomic E-state index is 0.717. The van der Waals surface area contributed by atoms with Crippen molar-refractivity contribution in [1.29, 1.82) is 0 Å². The molecular weight excluding hydrogens is 224 g/mol. The molecule has 0 bridgehead atoms. The predicted molar refractivity (Wildman–Crippen MR) is 72.6 cm³/mol. The van der Waals surface area contributed by atoms with E-state index in [9.17, 15) is 0 Å². The summed E-state index contributed by atoms with van der Waals surface area (Å²) in [4.78, 5) is 2.41. The lowest BCUT2D eigenvalue weighted by atomic mass is 10.3. The molecule has 0 atom stereocenters. The molecule has 0 radical (unpaired) electrons. The Hall–Kier alpha value is -1.16. The lowest BCUT2D eigenvalue weighted by Gasteiger charge is -2.22. The van der Waals surface area contributed by atoms with E-state index in [1.807, 2.05) is 0 Å². The van der Waals surface area contributed by atoms with E-state index in [0.717, 1.165) is 36.7 Å². The Bertz CT molecular complexity index is 381. The fourth-order valence-corrected chi connectivity index (χ4v) is 2.25. The predicted octanol–water partition coefficient (Wildman–Crippen LogP) is 2.11. The Morgan fingerprint density at radius 1 is 1.22 bits per heavy atom. The van der Waals surface area contributed by atoms with Gasteiger partial charge in [0.05, 0.1) is 5.69 Å². The number of nitrogens with one attached hydrogen (secondary N) is 1. The van der Waals surface area contributed by atoms with Crippen LogP contribution < -0.4 is 10.2 Å². The number of hydrogen-bond donors (Lipinski definition) is 1. The van der Waals surface area contributed by atoms with Crippen LogP contribution in [0.4, 0.5) is 5.82 Å². The van der Waals surface area contributed by atoms with Gasteiger partial charge in [-0.3, -0.25) is 0 Å². The monoisotopic (exact) mass is 246 g/mol. The van der Waals surface area contributed by atoms with Gasteiger partial charge in [0.2, 0.25) is 0 Å². The van der Waals surface area contributed by atoms with Gasteiger partial charge in [0.15, 0.2) is 5.82 Å². The fourth-order valence-electron chi connectivity index (χ4n) is 2.25. The largest absolute Gasteiger partial charge is 0.352 e. The second kappa shape index (κ2) is 5.22. The van der Waals surface area contributed by atoms with Gasteiger partial charge in [-0.15, -0.1) is 5.10 Å². The first-order valence-electron chi connectivity index (χ1n) is 7.19. The highest BCUT2D eigenvalue weighted by molar-refractivity contribution is 5.40. The topological polar surface area (TPSA) is 41.0 Å². The highest BCUT2D eigenvalue weighted by Gasteiger charge is 2.29. The third-order valence-electron chi connectivity index (χ3n) is 3.60. The van der Waals surface area contributed by atoms with Gasteiger partial charge in [0.25, 0.3) is 0 Å². The van der Waals surface area contributed by atoms with E-state index in [-0.39, 0.29) is 0 Å². The molecule has 1 aromatic rings. The van der Waals surface area contributed by atoms with Crippen molar-refractivity contribution in [2.45, 2.75) is 57.7 Å². The first-order valence-corrected chi connectivity index (χ1v) is 7.19. The summed E-state index contributed by atoms with van der Waals surface area (Å²) in [6, 6.07) is 5.69. The number of anilines is 1. The van der Waals surface area contributed by atoms with Gasteiger partial charge >= 0.3 is 0 Å². The molecule has 4 heteroatoms. The summed E-state index contributed by atoms with van der Waals surface area (Å²) < 4.78 is 0. The molecular formula is C14H22N4. The summed E-state index contributed by atoms with van der Waals surface area (Å²) in [6.07, 6.45) is 6.43. The van der Waals surface area contributed by atoms with Crippen molar-refractivity contribution in [2.24, 2.45) is 0 Å². The molecule has 1 heterocycles. The Labute approximate surface area is 109 Å². The normalized spacial score (nSPS) is 18.9. The quantitative estimate of drug-likeness (QED) is 0.800. The van der Waals surface area contributed by atoms with Crippen LogP contribution in [0.3, 0.4) is 0 Å². The fraction of sp³-hybridized carbons (Fsp3) is 0.714. The Kier molecular flexibility index (Phi) is 3.46. The third kappa shape index (κ3) is 2.99. The van der Waals surface area contributed by atoms with Crippen LogP contribution >= 0.6 is 0 Å². The SMILES string of the molecule is CCCN(c1ccc(CNC2CC2)nn1)C1CC1. The van der Waals surface area contributed by atoms with E-state index in [4.69, 9.17) is 0 Å². The molecule has 0 saturated heterocycles. The van der Waals surface area contributed by atoms with Crippen LogP contribution in [0.2, 0.25) is 0 Å². The molecule has 2 aliphatic carbocycles. The number of nitrogens with zero attached hydrogens (tertiary/aromatic N) is 3. The molecule has 4 nitrogen and oxygen atoms in total. The van der Waals surface area contributed by atoms with Crippen molar-refractivity contribution in [2.75, 3.05) is 11.4 Å². The van der Waals surface area contributed by atoms with Gasteiger partial charge in [-0.25, -0.2) is 0 Å². The smallest absolute Gasteiger partial charge is 0.151 e. The van der Waals surface area contributed by atoms with E-state index in [1.54, 1.807) is 0 Å². The van der Waals surface area contributed by atoms with E-state index >= 15 is 0 Å². The number of hydrogen-bond acceptors (Lipinski definition) is 4. The Morgan fingerprint density at radius 2 is 2.06 bits per heavy atom. The van der Waals surface area contributed by atoms with Gasteiger partial charge < -0.3 is 10.2 Å². The van der Waals surface area contributed by atoms with Crippen molar-refractivity contribution >= 4 is 5.82 Å². The van der Waals surface area contributed by atoms with Crippen LogP contribution in [0, 0.1) is 0 Å². The lowest BCUT2D eigenvalue weighted by molar-refractivity contribution is 0.661. The van der Waals surface area contributed by atoms with Crippen molar-refractivity contribution < 1.29 is 0 Å². The van der Waals surface area contributed by atoms with Gasteiger partial charge in [-0.1, -0.05) is 6.92 Å². The summed E-state index contributed by atoms with van der Waals surface area (Å²) >= 11 is 0. The van der Waals surface area contributed by atoms with Crippen LogP contribution in [0.1, 0.15) is 44.7 Å². The summed E-state index contributed by atoms with van der Waals surface area (Å²) in [5.74, 6) is 1.05. The van der Waals surface area contributed by atoms with Crippen LogP contribution in [0.25, 0.3) is 0 Å². The first-order chi connectivity index (χ1) is 8.86. The highest BCUT2D eigenvalue weighted by atomic mass is 15.3. The van der Waals surface area contributed by atoms with Crippen LogP contribution in [0.5, 0.6) is 0 Å². The lowest BCUT2D eigenvalue weighted by Crippen LogP contribution is -2.27. The molecule has 2 saturated carbocycles. The van der Waals surface area contributed by atoms with E-state index in [0.29, 0.717) is 0 Å². The van der Waals surface area contributed by atoms with Gasteiger partial charge in [-0.2, -0.15) is 5.10 Å². The van der Waals surface area contributed by atoms with Crippen molar-refractivity contribution in [1.82, 2.24) is 15.5 Å². The van der Waals surface area contributed by atoms with E-state index in [1.165, 1.54) is 32.1 Å². The molecule has 0 aliphatic heterocycles. The standard InChI is InChI=1S/C14H22N4/c1-2-9-18(13-6-7-13)14-8-5-12(16-17-14)10-15-11-3-4-11/h5,8,11,13,15H,2-4,6-7,9-10H2,1H3. The molecule has 98 valence electrons. The highest BCUT2D eigenvalue weighted by Crippen LogP contribution is 2.30. The van der Waals surface area contributed by atoms with Crippen molar-refractivity contribution in [3.63, 3.8) is 0 Å². The zero-order chi connectivity index (χ0) is 12.4. The minimum atomic E-state index is 0.717. The zero-order valence-corrected chi connectivity index (χ0v) is 11.1. The number of rotatable bonds is 7. The minimum Gasteiger partial charge on any atom is -0.352 e. The molecule has 18 heavy (non-hydrogen) atoms. The summed E-state index contributed by atoms with van der Waals surface area (Å²) in [5, 5.41) is 12.2. The molecule has 1 aromatic heterocycles.